The van der Waals surface area contributed by atoms with Gasteiger partial charge in [-0.25, -0.2) is 4.79 Å². The zero-order valence-corrected chi connectivity index (χ0v) is 12.3. The number of carbonyl (C=O) groups excluding carboxylic acids is 1. The summed E-state index contributed by atoms with van der Waals surface area (Å²) in [5.41, 5.74) is 5.72. The molecule has 0 aromatic heterocycles. The van der Waals surface area contributed by atoms with Gasteiger partial charge in [-0.15, -0.1) is 0 Å². The number of hydrogen-bond donors (Lipinski definition) is 2. The van der Waals surface area contributed by atoms with E-state index in [1.165, 1.54) is 0 Å². The Hall–Kier alpha value is -1.10. The van der Waals surface area contributed by atoms with Crippen molar-refractivity contribution in [2.45, 2.75) is 64.0 Å². The van der Waals surface area contributed by atoms with Crippen molar-refractivity contribution in [2.24, 2.45) is 17.6 Å². The van der Waals surface area contributed by atoms with Gasteiger partial charge in [-0.05, 0) is 31.6 Å². The molecule has 2 aliphatic rings. The summed E-state index contributed by atoms with van der Waals surface area (Å²) in [6, 6.07) is -0.509. The second-order valence-electron chi connectivity index (χ2n) is 6.17. The SMILES string of the molecule is CCCC(CN)C(=O)N1C(C(=O)O)CC2CCCCC21. The maximum Gasteiger partial charge on any atom is 0.326 e. The minimum atomic E-state index is -0.861. The first-order chi connectivity index (χ1) is 9.60. The fourth-order valence-corrected chi connectivity index (χ4v) is 3.90. The molecule has 2 fully saturated rings. The molecule has 1 saturated carbocycles. The number of carbonyl (C=O) groups is 2. The monoisotopic (exact) mass is 282 g/mol. The standard InChI is InChI=1S/C15H26N2O3/c1-2-5-11(9-16)14(18)17-12-7-4-3-6-10(12)8-13(17)15(19)20/h10-13H,2-9,16H2,1H3,(H,19,20). The third-order valence-electron chi connectivity index (χ3n) is 4.90. The smallest absolute Gasteiger partial charge is 0.326 e. The van der Waals surface area contributed by atoms with Gasteiger partial charge in [0.2, 0.25) is 5.91 Å². The first-order valence-electron chi connectivity index (χ1n) is 7.85. The van der Waals surface area contributed by atoms with Gasteiger partial charge >= 0.3 is 5.97 Å². The molecule has 0 bridgehead atoms. The fourth-order valence-electron chi connectivity index (χ4n) is 3.90. The molecule has 0 radical (unpaired) electrons. The highest BCUT2D eigenvalue weighted by atomic mass is 16.4. The Morgan fingerprint density at radius 2 is 2.05 bits per heavy atom. The largest absolute Gasteiger partial charge is 0.480 e. The maximum absolute atomic E-state index is 12.7. The number of aliphatic carboxylic acids is 1. The van der Waals surface area contributed by atoms with Gasteiger partial charge < -0.3 is 15.7 Å². The topological polar surface area (TPSA) is 83.6 Å². The first-order valence-corrected chi connectivity index (χ1v) is 7.85. The summed E-state index contributed by atoms with van der Waals surface area (Å²) in [6.45, 7) is 2.34. The lowest BCUT2D eigenvalue weighted by Crippen LogP contribution is -2.49. The molecule has 20 heavy (non-hydrogen) atoms. The molecule has 4 atom stereocenters. The van der Waals surface area contributed by atoms with Crippen LogP contribution in [0.15, 0.2) is 0 Å². The molecule has 0 aromatic rings. The number of fused-ring (bicyclic) bond motifs is 1. The Labute approximate surface area is 120 Å². The number of rotatable bonds is 5. The molecule has 4 unspecified atom stereocenters. The molecule has 0 spiro atoms. The quantitative estimate of drug-likeness (QED) is 0.802. The lowest BCUT2D eigenvalue weighted by atomic mass is 9.84. The van der Waals surface area contributed by atoms with E-state index in [1.54, 1.807) is 4.90 Å². The molecule has 114 valence electrons. The number of carboxylic acid groups (broad SMARTS) is 1. The Balaban J connectivity index is 2.19. The summed E-state index contributed by atoms with van der Waals surface area (Å²) in [5.74, 6) is -0.743. The number of hydrogen-bond acceptors (Lipinski definition) is 3. The predicted molar refractivity (Wildman–Crippen MR) is 76.1 cm³/mol. The highest BCUT2D eigenvalue weighted by Gasteiger charge is 2.48. The zero-order chi connectivity index (χ0) is 14.7. The van der Waals surface area contributed by atoms with Crippen LogP contribution in [0.4, 0.5) is 0 Å². The van der Waals surface area contributed by atoms with E-state index in [0.29, 0.717) is 18.9 Å². The summed E-state index contributed by atoms with van der Waals surface area (Å²) < 4.78 is 0. The Bertz CT molecular complexity index is 372. The third kappa shape index (κ3) is 2.82. The average molecular weight is 282 g/mol. The van der Waals surface area contributed by atoms with Crippen molar-refractivity contribution in [2.75, 3.05) is 6.54 Å². The second kappa shape index (κ2) is 6.57. The van der Waals surface area contributed by atoms with Crippen LogP contribution in [0.1, 0.15) is 51.9 Å². The van der Waals surface area contributed by atoms with Gasteiger partial charge in [-0.1, -0.05) is 26.2 Å². The minimum absolute atomic E-state index is 0.0313. The Kier molecular flexibility index (Phi) is 5.02. The van der Waals surface area contributed by atoms with Gasteiger partial charge in [-0.2, -0.15) is 0 Å². The van der Waals surface area contributed by atoms with Crippen molar-refractivity contribution in [3.63, 3.8) is 0 Å². The van der Waals surface area contributed by atoms with Crippen LogP contribution in [0, 0.1) is 11.8 Å². The van der Waals surface area contributed by atoms with Crippen LogP contribution in [0.25, 0.3) is 0 Å². The molecule has 5 nitrogen and oxygen atoms in total. The van der Waals surface area contributed by atoms with Crippen molar-refractivity contribution in [3.05, 3.63) is 0 Å². The van der Waals surface area contributed by atoms with Gasteiger partial charge in [0.1, 0.15) is 6.04 Å². The Morgan fingerprint density at radius 3 is 2.65 bits per heavy atom. The van der Waals surface area contributed by atoms with E-state index in [1.807, 2.05) is 6.92 Å². The molecular weight excluding hydrogens is 256 g/mol. The number of nitrogens with zero attached hydrogens (tertiary/aromatic N) is 1. The van der Waals surface area contributed by atoms with Gasteiger partial charge in [0, 0.05) is 12.6 Å². The van der Waals surface area contributed by atoms with Crippen LogP contribution >= 0.6 is 0 Å². The van der Waals surface area contributed by atoms with Gasteiger partial charge in [0.15, 0.2) is 0 Å². The molecule has 1 saturated heterocycles. The van der Waals surface area contributed by atoms with Crippen LogP contribution in [-0.4, -0.2) is 40.5 Å². The molecule has 2 rings (SSSR count). The van der Waals surface area contributed by atoms with E-state index in [0.717, 1.165) is 38.5 Å². The second-order valence-corrected chi connectivity index (χ2v) is 6.17. The van der Waals surface area contributed by atoms with Crippen molar-refractivity contribution in [1.82, 2.24) is 4.90 Å². The average Bonchev–Trinajstić information content (AvgIpc) is 2.83. The lowest BCUT2D eigenvalue weighted by molar-refractivity contribution is -0.151. The van der Waals surface area contributed by atoms with Gasteiger partial charge in [-0.3, -0.25) is 4.79 Å². The van der Waals surface area contributed by atoms with Gasteiger partial charge in [0.25, 0.3) is 0 Å². The number of nitrogens with two attached hydrogens (primary N) is 1. The summed E-state index contributed by atoms with van der Waals surface area (Å²) in [6.07, 6.45) is 6.52. The summed E-state index contributed by atoms with van der Waals surface area (Å²) >= 11 is 0. The summed E-state index contributed by atoms with van der Waals surface area (Å²) in [7, 11) is 0. The highest BCUT2D eigenvalue weighted by Crippen LogP contribution is 2.40. The number of likely N-dealkylation sites (tertiary alicyclic amines) is 1. The third-order valence-corrected chi connectivity index (χ3v) is 4.90. The van der Waals surface area contributed by atoms with E-state index >= 15 is 0 Å². The normalized spacial score (nSPS) is 30.9. The van der Waals surface area contributed by atoms with Crippen molar-refractivity contribution >= 4 is 11.9 Å². The lowest BCUT2D eigenvalue weighted by Gasteiger charge is -2.35. The zero-order valence-electron chi connectivity index (χ0n) is 12.3. The fraction of sp³-hybridized carbons (Fsp3) is 0.867. The summed E-state index contributed by atoms with van der Waals surface area (Å²) in [4.78, 5) is 25.9. The van der Waals surface area contributed by atoms with Crippen molar-refractivity contribution in [3.8, 4) is 0 Å². The van der Waals surface area contributed by atoms with Gasteiger partial charge in [0.05, 0.1) is 5.92 Å². The molecule has 1 aliphatic carbocycles. The molecule has 1 aliphatic heterocycles. The van der Waals surface area contributed by atoms with Crippen molar-refractivity contribution in [1.29, 1.82) is 0 Å². The summed E-state index contributed by atoms with van der Waals surface area (Å²) in [5, 5.41) is 9.44. The Morgan fingerprint density at radius 1 is 1.35 bits per heavy atom. The van der Waals surface area contributed by atoms with E-state index in [4.69, 9.17) is 5.73 Å². The maximum atomic E-state index is 12.7. The van der Waals surface area contributed by atoms with Crippen LogP contribution in [0.5, 0.6) is 0 Å². The highest BCUT2D eigenvalue weighted by molar-refractivity contribution is 5.86. The van der Waals surface area contributed by atoms with E-state index in [-0.39, 0.29) is 17.9 Å². The molecule has 1 heterocycles. The van der Waals surface area contributed by atoms with E-state index in [2.05, 4.69) is 0 Å². The van der Waals surface area contributed by atoms with E-state index in [9.17, 15) is 14.7 Å². The predicted octanol–water partition coefficient (Wildman–Crippen LogP) is 1.61. The van der Waals surface area contributed by atoms with Crippen LogP contribution in [0.2, 0.25) is 0 Å². The van der Waals surface area contributed by atoms with Crippen LogP contribution < -0.4 is 5.73 Å². The number of amides is 1. The molecule has 3 N–H and O–H groups in total. The molecule has 0 aromatic carbocycles. The van der Waals surface area contributed by atoms with Crippen LogP contribution in [0.3, 0.4) is 0 Å². The van der Waals surface area contributed by atoms with Crippen LogP contribution in [-0.2, 0) is 9.59 Å². The molecular formula is C15H26N2O3. The van der Waals surface area contributed by atoms with E-state index < -0.39 is 12.0 Å². The van der Waals surface area contributed by atoms with Crippen molar-refractivity contribution < 1.29 is 14.7 Å². The minimum Gasteiger partial charge on any atom is -0.480 e. The number of carboxylic acids is 1. The molecule has 5 heteroatoms. The molecule has 1 amide bonds. The first kappa shape index (κ1) is 15.3.